The molecular weight excluding hydrogens is 294 g/mol. The Labute approximate surface area is 116 Å². The molecule has 0 saturated heterocycles. The van der Waals surface area contributed by atoms with Crippen LogP contribution in [-0.4, -0.2) is 30.9 Å². The fourth-order valence-corrected chi connectivity index (χ4v) is 2.24. The minimum Gasteiger partial charge on any atom is -0.489 e. The van der Waals surface area contributed by atoms with E-state index in [4.69, 9.17) is 9.84 Å². The van der Waals surface area contributed by atoms with E-state index in [-0.39, 0.29) is 6.10 Å². The first-order valence-corrected chi connectivity index (χ1v) is 6.95. The molecule has 0 spiro atoms. The number of benzene rings is 1. The minimum atomic E-state index is -0.245. The maximum atomic E-state index is 9.17. The molecule has 0 saturated carbocycles. The molecule has 4 heteroatoms. The number of hydrogen-bond acceptors (Lipinski definition) is 3. The third-order valence-corrected chi connectivity index (χ3v) is 3.33. The molecule has 0 fully saturated rings. The summed E-state index contributed by atoms with van der Waals surface area (Å²) >= 11 is 3.46. The smallest absolute Gasteiger partial charge is 0.127 e. The number of nitrogens with one attached hydrogen (secondary N) is 1. The summed E-state index contributed by atoms with van der Waals surface area (Å²) in [6.07, 6.45) is 2.70. The van der Waals surface area contributed by atoms with Gasteiger partial charge < -0.3 is 15.2 Å². The molecule has 0 aromatic heterocycles. The topological polar surface area (TPSA) is 41.5 Å². The Morgan fingerprint density at radius 2 is 2.33 bits per heavy atom. The molecule has 1 aromatic carbocycles. The van der Waals surface area contributed by atoms with Gasteiger partial charge in [-0.25, -0.2) is 0 Å². The summed E-state index contributed by atoms with van der Waals surface area (Å²) in [4.78, 5) is 0. The van der Waals surface area contributed by atoms with Crippen LogP contribution in [0.2, 0.25) is 0 Å². The van der Waals surface area contributed by atoms with Crippen LogP contribution in [0.25, 0.3) is 6.08 Å². The summed E-state index contributed by atoms with van der Waals surface area (Å²) in [5, 5.41) is 12.5. The van der Waals surface area contributed by atoms with Gasteiger partial charge in [-0.3, -0.25) is 0 Å². The van der Waals surface area contributed by atoms with Crippen molar-refractivity contribution in [3.8, 4) is 5.75 Å². The van der Waals surface area contributed by atoms with Crippen LogP contribution in [0.1, 0.15) is 18.9 Å². The summed E-state index contributed by atoms with van der Waals surface area (Å²) in [6.45, 7) is 4.06. The standard InChI is InChI=1S/C14H18BrNO2/c1-10(17)4-5-16-8-11-6-12-7-13(15)2-3-14(12)18-9-11/h2-3,6-7,10,16-17H,4-5,8-9H2,1H3. The van der Waals surface area contributed by atoms with Gasteiger partial charge in [0.25, 0.3) is 0 Å². The Kier molecular flexibility index (Phi) is 4.80. The average molecular weight is 312 g/mol. The van der Waals surface area contributed by atoms with Gasteiger partial charge in [0.05, 0.1) is 6.10 Å². The van der Waals surface area contributed by atoms with Crippen molar-refractivity contribution in [3.05, 3.63) is 33.8 Å². The number of rotatable bonds is 5. The molecular formula is C14H18BrNO2. The van der Waals surface area contributed by atoms with Crippen LogP contribution in [0, 0.1) is 0 Å². The van der Waals surface area contributed by atoms with E-state index in [2.05, 4.69) is 33.4 Å². The first-order chi connectivity index (χ1) is 8.65. The molecule has 0 amide bonds. The molecule has 0 radical (unpaired) electrons. The lowest BCUT2D eigenvalue weighted by Gasteiger charge is -2.18. The van der Waals surface area contributed by atoms with Gasteiger partial charge >= 0.3 is 0 Å². The lowest BCUT2D eigenvalue weighted by atomic mass is 10.1. The number of hydrogen-bond donors (Lipinski definition) is 2. The van der Waals surface area contributed by atoms with E-state index < -0.39 is 0 Å². The zero-order chi connectivity index (χ0) is 13.0. The monoisotopic (exact) mass is 311 g/mol. The van der Waals surface area contributed by atoms with Crippen molar-refractivity contribution >= 4 is 22.0 Å². The molecule has 3 nitrogen and oxygen atoms in total. The van der Waals surface area contributed by atoms with E-state index in [1.165, 1.54) is 5.57 Å². The van der Waals surface area contributed by atoms with Crippen molar-refractivity contribution in [1.29, 1.82) is 0 Å². The zero-order valence-corrected chi connectivity index (χ0v) is 12.0. The predicted octanol–water partition coefficient (Wildman–Crippen LogP) is 2.59. The second-order valence-electron chi connectivity index (χ2n) is 4.59. The fourth-order valence-electron chi connectivity index (χ4n) is 1.86. The van der Waals surface area contributed by atoms with Crippen LogP contribution in [0.3, 0.4) is 0 Å². The summed E-state index contributed by atoms with van der Waals surface area (Å²) in [5.74, 6) is 0.936. The van der Waals surface area contributed by atoms with Crippen LogP contribution in [-0.2, 0) is 0 Å². The van der Waals surface area contributed by atoms with Crippen LogP contribution >= 0.6 is 15.9 Å². The van der Waals surface area contributed by atoms with Gasteiger partial charge in [0.15, 0.2) is 0 Å². The van der Waals surface area contributed by atoms with Gasteiger partial charge in [0, 0.05) is 16.6 Å². The minimum absolute atomic E-state index is 0.245. The van der Waals surface area contributed by atoms with Crippen molar-refractivity contribution in [1.82, 2.24) is 5.32 Å². The molecule has 2 rings (SSSR count). The average Bonchev–Trinajstić information content (AvgIpc) is 2.34. The molecule has 1 unspecified atom stereocenters. The Balaban J connectivity index is 1.91. The van der Waals surface area contributed by atoms with Gasteiger partial charge in [0.1, 0.15) is 12.4 Å². The molecule has 98 valence electrons. The maximum Gasteiger partial charge on any atom is 0.127 e. The van der Waals surface area contributed by atoms with Crippen molar-refractivity contribution in [2.75, 3.05) is 19.7 Å². The molecule has 2 N–H and O–H groups in total. The maximum absolute atomic E-state index is 9.17. The highest BCUT2D eigenvalue weighted by Gasteiger charge is 2.11. The Bertz CT molecular complexity index is 443. The summed E-state index contributed by atoms with van der Waals surface area (Å²) in [6, 6.07) is 6.02. The van der Waals surface area contributed by atoms with Gasteiger partial charge in [0.2, 0.25) is 0 Å². The normalized spacial score (nSPS) is 15.6. The third-order valence-electron chi connectivity index (χ3n) is 2.84. The molecule has 1 aliphatic rings. The molecule has 18 heavy (non-hydrogen) atoms. The Morgan fingerprint density at radius 3 is 3.11 bits per heavy atom. The second kappa shape index (κ2) is 6.36. The molecule has 0 aliphatic carbocycles. The number of halogens is 1. The van der Waals surface area contributed by atoms with E-state index in [0.29, 0.717) is 6.61 Å². The van der Waals surface area contributed by atoms with E-state index >= 15 is 0 Å². The van der Waals surface area contributed by atoms with Crippen molar-refractivity contribution < 1.29 is 9.84 Å². The molecule has 1 aromatic rings. The van der Waals surface area contributed by atoms with Crippen molar-refractivity contribution in [2.45, 2.75) is 19.4 Å². The van der Waals surface area contributed by atoms with Gasteiger partial charge in [-0.2, -0.15) is 0 Å². The first kappa shape index (κ1) is 13.6. The predicted molar refractivity (Wildman–Crippen MR) is 76.8 cm³/mol. The summed E-state index contributed by atoms with van der Waals surface area (Å²) < 4.78 is 6.75. The second-order valence-corrected chi connectivity index (χ2v) is 5.50. The van der Waals surface area contributed by atoms with Crippen molar-refractivity contribution in [2.24, 2.45) is 0 Å². The number of aliphatic hydroxyl groups is 1. The molecule has 1 atom stereocenters. The quantitative estimate of drug-likeness (QED) is 0.821. The Morgan fingerprint density at radius 1 is 1.50 bits per heavy atom. The lowest BCUT2D eigenvalue weighted by molar-refractivity contribution is 0.184. The zero-order valence-electron chi connectivity index (χ0n) is 10.4. The molecule has 1 aliphatic heterocycles. The molecule has 1 heterocycles. The van der Waals surface area contributed by atoms with Crippen molar-refractivity contribution in [3.63, 3.8) is 0 Å². The number of fused-ring (bicyclic) bond motifs is 1. The van der Waals surface area contributed by atoms with Gasteiger partial charge in [-0.15, -0.1) is 0 Å². The first-order valence-electron chi connectivity index (χ1n) is 6.16. The lowest BCUT2D eigenvalue weighted by Crippen LogP contribution is -2.24. The van der Waals surface area contributed by atoms with Crippen LogP contribution in [0.15, 0.2) is 28.2 Å². The largest absolute Gasteiger partial charge is 0.489 e. The highest BCUT2D eigenvalue weighted by molar-refractivity contribution is 9.10. The highest BCUT2D eigenvalue weighted by atomic mass is 79.9. The van der Waals surface area contributed by atoms with E-state index in [9.17, 15) is 0 Å². The number of aliphatic hydroxyl groups excluding tert-OH is 1. The number of ether oxygens (including phenoxy) is 1. The van der Waals surface area contributed by atoms with Gasteiger partial charge in [-0.1, -0.05) is 15.9 Å². The highest BCUT2D eigenvalue weighted by Crippen LogP contribution is 2.28. The van der Waals surface area contributed by atoms with Gasteiger partial charge in [-0.05, 0) is 49.7 Å². The molecule has 0 bridgehead atoms. The van der Waals surface area contributed by atoms with Crippen LogP contribution < -0.4 is 10.1 Å². The van der Waals surface area contributed by atoms with Crippen LogP contribution in [0.5, 0.6) is 5.75 Å². The van der Waals surface area contributed by atoms with Crippen LogP contribution in [0.4, 0.5) is 0 Å². The summed E-state index contributed by atoms with van der Waals surface area (Å²) in [7, 11) is 0. The SMILES string of the molecule is CC(O)CCNCC1=Cc2cc(Br)ccc2OC1. The van der Waals surface area contributed by atoms with E-state index in [1.54, 1.807) is 6.92 Å². The third kappa shape index (κ3) is 3.83. The Hall–Kier alpha value is -0.840. The van der Waals surface area contributed by atoms with E-state index in [0.717, 1.165) is 35.3 Å². The van der Waals surface area contributed by atoms with E-state index in [1.807, 2.05) is 12.1 Å². The summed E-state index contributed by atoms with van der Waals surface area (Å²) in [5.41, 5.74) is 2.34. The fraction of sp³-hybridized carbons (Fsp3) is 0.429.